The number of halogens is 3. The van der Waals surface area contributed by atoms with E-state index in [1.807, 2.05) is 0 Å². The summed E-state index contributed by atoms with van der Waals surface area (Å²) in [6.07, 6.45) is -0.635. The lowest BCUT2D eigenvalue weighted by Crippen LogP contribution is -2.46. The maximum absolute atomic E-state index is 13.7. The fourth-order valence-electron chi connectivity index (χ4n) is 3.62. The van der Waals surface area contributed by atoms with Gasteiger partial charge in [-0.25, -0.2) is 18.0 Å². The normalized spacial score (nSPS) is 20.1. The van der Waals surface area contributed by atoms with Gasteiger partial charge >= 0.3 is 6.09 Å². The van der Waals surface area contributed by atoms with Crippen molar-refractivity contribution in [2.45, 2.75) is 31.6 Å². The van der Waals surface area contributed by atoms with Gasteiger partial charge in [0.15, 0.2) is 11.6 Å². The van der Waals surface area contributed by atoms with Crippen LogP contribution < -0.4 is 15.5 Å². The summed E-state index contributed by atoms with van der Waals surface area (Å²) in [6.45, 7) is -0.488. The number of alkyl carbamates (subject to hydrolysis) is 1. The van der Waals surface area contributed by atoms with Crippen molar-refractivity contribution in [1.29, 1.82) is 0 Å². The summed E-state index contributed by atoms with van der Waals surface area (Å²) in [5, 5.41) is 15.4. The SMILES string of the molecule is O=C1CCc2cc(N3CC[C@](O)(OC(=O)NCc4cc(F)c(F)cc4F)C3=O)ccc2N1. The largest absolute Gasteiger partial charge is 0.410 e. The third-order valence-electron chi connectivity index (χ3n) is 5.32. The molecule has 0 bridgehead atoms. The summed E-state index contributed by atoms with van der Waals surface area (Å²) >= 11 is 0. The second-order valence-electron chi connectivity index (χ2n) is 7.48. The number of carbonyl (C=O) groups excluding carboxylic acids is 3. The first-order valence-electron chi connectivity index (χ1n) is 9.74. The molecule has 0 saturated carbocycles. The van der Waals surface area contributed by atoms with Gasteiger partial charge in [0.1, 0.15) is 5.82 Å². The molecule has 1 saturated heterocycles. The van der Waals surface area contributed by atoms with E-state index in [2.05, 4.69) is 10.6 Å². The molecule has 0 spiro atoms. The Bertz CT molecular complexity index is 1130. The van der Waals surface area contributed by atoms with Gasteiger partial charge < -0.3 is 25.4 Å². The van der Waals surface area contributed by atoms with Crippen LogP contribution in [-0.4, -0.2) is 35.3 Å². The molecule has 3 amide bonds. The molecule has 8 nitrogen and oxygen atoms in total. The number of ether oxygens (including phenoxy) is 1. The zero-order chi connectivity index (χ0) is 23.0. The topological polar surface area (TPSA) is 108 Å². The minimum absolute atomic E-state index is 0.0611. The Morgan fingerprint density at radius 3 is 2.66 bits per heavy atom. The van der Waals surface area contributed by atoms with Gasteiger partial charge in [0.25, 0.3) is 11.7 Å². The molecule has 0 unspecified atom stereocenters. The first-order valence-corrected chi connectivity index (χ1v) is 9.74. The van der Waals surface area contributed by atoms with Crippen molar-refractivity contribution < 1.29 is 37.4 Å². The Balaban J connectivity index is 1.41. The van der Waals surface area contributed by atoms with Crippen LogP contribution >= 0.6 is 0 Å². The molecule has 168 valence electrons. The third-order valence-corrected chi connectivity index (χ3v) is 5.32. The molecule has 0 radical (unpaired) electrons. The number of aliphatic hydroxyl groups is 1. The van der Waals surface area contributed by atoms with E-state index in [1.165, 1.54) is 4.90 Å². The molecule has 4 rings (SSSR count). The van der Waals surface area contributed by atoms with Gasteiger partial charge in [0.2, 0.25) is 5.91 Å². The average molecular weight is 449 g/mol. The monoisotopic (exact) mass is 449 g/mol. The third kappa shape index (κ3) is 4.11. The Hall–Kier alpha value is -3.60. The number of hydrogen-bond acceptors (Lipinski definition) is 5. The number of amides is 3. The van der Waals surface area contributed by atoms with Crippen molar-refractivity contribution in [2.75, 3.05) is 16.8 Å². The predicted molar refractivity (Wildman–Crippen MR) is 105 cm³/mol. The number of nitrogens with one attached hydrogen (secondary N) is 2. The molecule has 32 heavy (non-hydrogen) atoms. The number of carbonyl (C=O) groups is 3. The Kier molecular flexibility index (Phi) is 5.51. The van der Waals surface area contributed by atoms with E-state index in [0.29, 0.717) is 36.3 Å². The molecule has 2 aromatic carbocycles. The lowest BCUT2D eigenvalue weighted by molar-refractivity contribution is -0.175. The molecule has 2 heterocycles. The highest BCUT2D eigenvalue weighted by atomic mass is 19.2. The number of fused-ring (bicyclic) bond motifs is 1. The molecular weight excluding hydrogens is 431 g/mol. The highest BCUT2D eigenvalue weighted by molar-refractivity contribution is 6.02. The van der Waals surface area contributed by atoms with Crippen LogP contribution in [0.4, 0.5) is 29.3 Å². The molecule has 3 N–H and O–H groups in total. The first-order chi connectivity index (χ1) is 15.2. The van der Waals surface area contributed by atoms with E-state index < -0.39 is 41.8 Å². The van der Waals surface area contributed by atoms with Crippen molar-refractivity contribution in [1.82, 2.24) is 5.32 Å². The highest BCUT2D eigenvalue weighted by Gasteiger charge is 2.49. The van der Waals surface area contributed by atoms with Gasteiger partial charge in [-0.05, 0) is 36.2 Å². The van der Waals surface area contributed by atoms with Crippen LogP contribution in [0.3, 0.4) is 0 Å². The molecule has 1 fully saturated rings. The second-order valence-corrected chi connectivity index (χ2v) is 7.48. The number of hydrogen-bond donors (Lipinski definition) is 3. The minimum Gasteiger partial charge on any atom is -0.407 e. The number of aryl methyl sites for hydroxylation is 1. The van der Waals surface area contributed by atoms with Crippen LogP contribution in [0.5, 0.6) is 0 Å². The zero-order valence-electron chi connectivity index (χ0n) is 16.6. The van der Waals surface area contributed by atoms with Gasteiger partial charge in [-0.3, -0.25) is 9.59 Å². The van der Waals surface area contributed by atoms with E-state index in [9.17, 15) is 32.7 Å². The molecule has 0 aromatic heterocycles. The van der Waals surface area contributed by atoms with Crippen LogP contribution in [-0.2, 0) is 27.3 Å². The summed E-state index contributed by atoms with van der Waals surface area (Å²) in [6, 6.07) is 5.88. The standard InChI is InChI=1S/C21H18F3N3O5/c22-14-9-16(24)15(23)8-12(14)10-25-20(30)32-21(31)5-6-27(19(21)29)13-2-3-17-11(7-13)1-4-18(28)26-17/h2-3,7-9,31H,1,4-6,10H2,(H,25,30)(H,26,28)/t21-/m0/s1. The van der Waals surface area contributed by atoms with E-state index in [0.717, 1.165) is 5.56 Å². The van der Waals surface area contributed by atoms with Crippen molar-refractivity contribution >= 4 is 29.3 Å². The molecular formula is C21H18F3N3O5. The smallest absolute Gasteiger partial charge is 0.407 e. The maximum Gasteiger partial charge on any atom is 0.410 e. The minimum atomic E-state index is -2.44. The Morgan fingerprint density at radius 1 is 1.12 bits per heavy atom. The fourth-order valence-corrected chi connectivity index (χ4v) is 3.62. The fraction of sp³-hybridized carbons (Fsp3) is 0.286. The Morgan fingerprint density at radius 2 is 1.88 bits per heavy atom. The van der Waals surface area contributed by atoms with E-state index in [1.54, 1.807) is 18.2 Å². The lowest BCUT2D eigenvalue weighted by atomic mass is 10.0. The van der Waals surface area contributed by atoms with E-state index in [4.69, 9.17) is 4.74 Å². The van der Waals surface area contributed by atoms with Gasteiger partial charge in [0.05, 0.1) is 0 Å². The summed E-state index contributed by atoms with van der Waals surface area (Å²) in [5.74, 6) is -7.15. The summed E-state index contributed by atoms with van der Waals surface area (Å²) in [4.78, 5) is 37.5. The van der Waals surface area contributed by atoms with Crippen molar-refractivity contribution in [3.8, 4) is 0 Å². The van der Waals surface area contributed by atoms with Crippen LogP contribution in [0.2, 0.25) is 0 Å². The molecule has 1 atom stereocenters. The van der Waals surface area contributed by atoms with Crippen molar-refractivity contribution in [3.63, 3.8) is 0 Å². The molecule has 2 aliphatic rings. The first kappa shape index (κ1) is 21.6. The van der Waals surface area contributed by atoms with Gasteiger partial charge in [-0.15, -0.1) is 0 Å². The van der Waals surface area contributed by atoms with E-state index in [-0.39, 0.29) is 24.4 Å². The van der Waals surface area contributed by atoms with Gasteiger partial charge in [-0.1, -0.05) is 0 Å². The molecule has 2 aliphatic heterocycles. The van der Waals surface area contributed by atoms with Crippen molar-refractivity contribution in [3.05, 3.63) is 58.9 Å². The highest BCUT2D eigenvalue weighted by Crippen LogP contribution is 2.33. The van der Waals surface area contributed by atoms with E-state index >= 15 is 0 Å². The average Bonchev–Trinajstić information content (AvgIpc) is 3.03. The summed E-state index contributed by atoms with van der Waals surface area (Å²) in [7, 11) is 0. The summed E-state index contributed by atoms with van der Waals surface area (Å²) in [5.41, 5.74) is 1.60. The Labute approximate surface area is 180 Å². The van der Waals surface area contributed by atoms with Crippen LogP contribution in [0.15, 0.2) is 30.3 Å². The number of benzene rings is 2. The van der Waals surface area contributed by atoms with Crippen LogP contribution in [0, 0.1) is 17.5 Å². The molecule has 2 aromatic rings. The quantitative estimate of drug-likeness (QED) is 0.491. The number of rotatable bonds is 4. The van der Waals surface area contributed by atoms with Crippen LogP contribution in [0.1, 0.15) is 24.0 Å². The summed E-state index contributed by atoms with van der Waals surface area (Å²) < 4.78 is 44.8. The molecule has 11 heteroatoms. The molecule has 0 aliphatic carbocycles. The van der Waals surface area contributed by atoms with Crippen molar-refractivity contribution in [2.24, 2.45) is 0 Å². The predicted octanol–water partition coefficient (Wildman–Crippen LogP) is 2.34. The zero-order valence-corrected chi connectivity index (χ0v) is 16.6. The number of anilines is 2. The maximum atomic E-state index is 13.7. The van der Waals surface area contributed by atoms with Crippen LogP contribution in [0.25, 0.3) is 0 Å². The van der Waals surface area contributed by atoms with Gasteiger partial charge in [0, 0.05) is 48.9 Å². The van der Waals surface area contributed by atoms with Gasteiger partial charge in [-0.2, -0.15) is 0 Å². The lowest BCUT2D eigenvalue weighted by Gasteiger charge is -2.24. The second kappa shape index (κ2) is 8.15. The number of nitrogens with zero attached hydrogens (tertiary/aromatic N) is 1.